The Labute approximate surface area is 156 Å². The van der Waals surface area contributed by atoms with Crippen LogP contribution >= 0.6 is 0 Å². The number of rotatable bonds is 5. The Morgan fingerprint density at radius 1 is 1.23 bits per heavy atom. The third-order valence-corrected chi connectivity index (χ3v) is 7.28. The van der Waals surface area contributed by atoms with Crippen LogP contribution in [0, 0.1) is 6.92 Å². The van der Waals surface area contributed by atoms with Crippen molar-refractivity contribution in [2.45, 2.75) is 25.8 Å². The number of carbonyl (C=O) groups is 1. The lowest BCUT2D eigenvalue weighted by Crippen LogP contribution is -2.47. The summed E-state index contributed by atoms with van der Waals surface area (Å²) in [5, 5.41) is 0. The van der Waals surface area contributed by atoms with E-state index in [2.05, 4.69) is 41.0 Å². The summed E-state index contributed by atoms with van der Waals surface area (Å²) in [5.74, 6) is 0.369. The molecule has 0 radical (unpaired) electrons. The van der Waals surface area contributed by atoms with Crippen molar-refractivity contribution in [3.05, 3.63) is 29.8 Å². The maximum Gasteiger partial charge on any atom is 0.223 e. The smallest absolute Gasteiger partial charge is 0.223 e. The maximum atomic E-state index is 12.4. The molecule has 2 aliphatic heterocycles. The van der Waals surface area contributed by atoms with Gasteiger partial charge in [0.15, 0.2) is 9.84 Å². The van der Waals surface area contributed by atoms with Crippen molar-refractivity contribution in [2.75, 3.05) is 56.2 Å². The first-order chi connectivity index (χ1) is 12.3. The number of piperazine rings is 1. The third-order valence-electron chi connectivity index (χ3n) is 5.53. The van der Waals surface area contributed by atoms with Crippen molar-refractivity contribution in [1.82, 2.24) is 9.80 Å². The minimum Gasteiger partial charge on any atom is -0.369 e. The molecule has 2 aliphatic rings. The van der Waals surface area contributed by atoms with Gasteiger partial charge in [0.25, 0.3) is 0 Å². The summed E-state index contributed by atoms with van der Waals surface area (Å²) in [7, 11) is -1.22. The van der Waals surface area contributed by atoms with E-state index in [0.29, 0.717) is 12.8 Å². The van der Waals surface area contributed by atoms with Gasteiger partial charge >= 0.3 is 0 Å². The van der Waals surface area contributed by atoms with Gasteiger partial charge in [0.05, 0.1) is 11.5 Å². The SMILES string of the molecule is Cc1cccc(N2CCN(CCC(=O)N(C)C3CCS(=O)(=O)C3)CC2)c1. The fourth-order valence-electron chi connectivity index (χ4n) is 3.77. The van der Waals surface area contributed by atoms with Crippen LogP contribution in [0.15, 0.2) is 24.3 Å². The van der Waals surface area contributed by atoms with E-state index in [4.69, 9.17) is 0 Å². The van der Waals surface area contributed by atoms with E-state index >= 15 is 0 Å². The first kappa shape index (κ1) is 19.2. The van der Waals surface area contributed by atoms with E-state index in [1.165, 1.54) is 11.3 Å². The summed E-state index contributed by atoms with van der Waals surface area (Å²) in [6.45, 7) is 6.68. The lowest BCUT2D eigenvalue weighted by Gasteiger charge is -2.36. The van der Waals surface area contributed by atoms with Gasteiger partial charge in [-0.1, -0.05) is 12.1 Å². The Hall–Kier alpha value is -1.60. The molecule has 0 spiro atoms. The fourth-order valence-corrected chi connectivity index (χ4v) is 5.54. The second kappa shape index (κ2) is 7.96. The molecule has 0 aromatic heterocycles. The normalized spacial score (nSPS) is 23.2. The molecule has 26 heavy (non-hydrogen) atoms. The van der Waals surface area contributed by atoms with Crippen LogP contribution in [-0.2, 0) is 14.6 Å². The van der Waals surface area contributed by atoms with Crippen LogP contribution in [-0.4, -0.2) is 81.4 Å². The predicted molar refractivity (Wildman–Crippen MR) is 104 cm³/mol. The number of nitrogens with zero attached hydrogens (tertiary/aromatic N) is 3. The van der Waals surface area contributed by atoms with Crippen LogP contribution in [0.4, 0.5) is 5.69 Å². The number of hydrogen-bond donors (Lipinski definition) is 0. The number of sulfone groups is 1. The summed E-state index contributed by atoms with van der Waals surface area (Å²) >= 11 is 0. The lowest BCUT2D eigenvalue weighted by molar-refractivity contribution is -0.131. The monoisotopic (exact) mass is 379 g/mol. The van der Waals surface area contributed by atoms with Gasteiger partial charge in [-0.2, -0.15) is 0 Å². The van der Waals surface area contributed by atoms with Crippen LogP contribution < -0.4 is 4.90 Å². The summed E-state index contributed by atoms with van der Waals surface area (Å²) < 4.78 is 23.2. The van der Waals surface area contributed by atoms with Crippen LogP contribution in [0.2, 0.25) is 0 Å². The van der Waals surface area contributed by atoms with Crippen molar-refractivity contribution in [3.8, 4) is 0 Å². The fraction of sp³-hybridized carbons (Fsp3) is 0.632. The standard InChI is InChI=1S/C19H29N3O3S/c1-16-4-3-5-17(14-16)22-11-9-21(10-12-22)8-6-19(23)20(2)18-7-13-26(24,25)15-18/h3-5,14,18H,6-13,15H2,1-2H3. The van der Waals surface area contributed by atoms with Crippen molar-refractivity contribution < 1.29 is 13.2 Å². The molecular formula is C19H29N3O3S. The van der Waals surface area contributed by atoms with Gasteiger partial charge in [-0.05, 0) is 31.0 Å². The molecule has 0 N–H and O–H groups in total. The second-order valence-electron chi connectivity index (χ2n) is 7.48. The van der Waals surface area contributed by atoms with E-state index in [1.807, 2.05) is 0 Å². The average molecular weight is 380 g/mol. The van der Waals surface area contributed by atoms with Crippen molar-refractivity contribution in [1.29, 1.82) is 0 Å². The Bertz CT molecular complexity index is 742. The molecule has 7 heteroatoms. The first-order valence-electron chi connectivity index (χ1n) is 9.34. The average Bonchev–Trinajstić information content (AvgIpc) is 2.99. The Morgan fingerprint density at radius 2 is 1.96 bits per heavy atom. The van der Waals surface area contributed by atoms with Crippen LogP contribution in [0.1, 0.15) is 18.4 Å². The lowest BCUT2D eigenvalue weighted by atomic mass is 10.2. The molecule has 1 atom stereocenters. The van der Waals surface area contributed by atoms with E-state index in [0.717, 1.165) is 32.7 Å². The van der Waals surface area contributed by atoms with Gasteiger partial charge in [0, 0.05) is 57.9 Å². The molecule has 0 bridgehead atoms. The van der Waals surface area contributed by atoms with E-state index in [9.17, 15) is 13.2 Å². The van der Waals surface area contributed by atoms with Gasteiger partial charge in [-0.15, -0.1) is 0 Å². The molecule has 0 aliphatic carbocycles. The zero-order chi connectivity index (χ0) is 18.7. The van der Waals surface area contributed by atoms with Crippen LogP contribution in [0.5, 0.6) is 0 Å². The molecule has 1 amide bonds. The quantitative estimate of drug-likeness (QED) is 0.768. The van der Waals surface area contributed by atoms with Gasteiger partial charge in [-0.3, -0.25) is 9.69 Å². The minimum atomic E-state index is -2.95. The molecule has 6 nitrogen and oxygen atoms in total. The largest absolute Gasteiger partial charge is 0.369 e. The zero-order valence-corrected chi connectivity index (χ0v) is 16.5. The Kier molecular flexibility index (Phi) is 5.87. The molecule has 1 unspecified atom stereocenters. The van der Waals surface area contributed by atoms with Gasteiger partial charge in [0.2, 0.25) is 5.91 Å². The highest BCUT2D eigenvalue weighted by Crippen LogP contribution is 2.19. The second-order valence-corrected chi connectivity index (χ2v) is 9.71. The maximum absolute atomic E-state index is 12.4. The first-order valence-corrected chi connectivity index (χ1v) is 11.2. The Morgan fingerprint density at radius 3 is 2.58 bits per heavy atom. The van der Waals surface area contributed by atoms with Gasteiger partial charge in [0.1, 0.15) is 0 Å². The summed E-state index contributed by atoms with van der Waals surface area (Å²) in [4.78, 5) is 18.8. The molecule has 2 fully saturated rings. The molecule has 0 saturated carbocycles. The predicted octanol–water partition coefficient (Wildman–Crippen LogP) is 1.15. The van der Waals surface area contributed by atoms with E-state index < -0.39 is 9.84 Å². The molecule has 3 rings (SSSR count). The number of aryl methyl sites for hydroxylation is 1. The minimum absolute atomic E-state index is 0.0493. The van der Waals surface area contributed by atoms with E-state index in [-0.39, 0.29) is 23.5 Å². The van der Waals surface area contributed by atoms with Crippen molar-refractivity contribution in [2.24, 2.45) is 0 Å². The van der Waals surface area contributed by atoms with Crippen molar-refractivity contribution >= 4 is 21.4 Å². The molecule has 1 aromatic rings. The zero-order valence-electron chi connectivity index (χ0n) is 15.7. The molecule has 144 valence electrons. The third kappa shape index (κ3) is 4.76. The number of carbonyl (C=O) groups excluding carboxylic acids is 1. The number of anilines is 1. The van der Waals surface area contributed by atoms with E-state index in [1.54, 1.807) is 11.9 Å². The summed E-state index contributed by atoms with van der Waals surface area (Å²) in [6.07, 6.45) is 1.03. The highest BCUT2D eigenvalue weighted by Gasteiger charge is 2.32. The van der Waals surface area contributed by atoms with Crippen molar-refractivity contribution in [3.63, 3.8) is 0 Å². The molecule has 2 heterocycles. The van der Waals surface area contributed by atoms with Crippen LogP contribution in [0.25, 0.3) is 0 Å². The molecular weight excluding hydrogens is 350 g/mol. The molecule has 2 saturated heterocycles. The number of amides is 1. The highest BCUT2D eigenvalue weighted by molar-refractivity contribution is 7.91. The van der Waals surface area contributed by atoms with Gasteiger partial charge < -0.3 is 9.80 Å². The number of hydrogen-bond acceptors (Lipinski definition) is 5. The number of benzene rings is 1. The summed E-state index contributed by atoms with van der Waals surface area (Å²) in [5.41, 5.74) is 2.54. The Balaban J connectivity index is 1.43. The topological polar surface area (TPSA) is 60.9 Å². The van der Waals surface area contributed by atoms with Crippen LogP contribution in [0.3, 0.4) is 0 Å². The summed E-state index contributed by atoms with van der Waals surface area (Å²) in [6, 6.07) is 8.41. The molecule has 1 aromatic carbocycles. The highest BCUT2D eigenvalue weighted by atomic mass is 32.2. The van der Waals surface area contributed by atoms with Gasteiger partial charge in [-0.25, -0.2) is 8.42 Å².